The molecule has 0 atom stereocenters. The molecule has 3 aromatic heterocycles. The molecule has 0 aliphatic carbocycles. The molecule has 0 spiro atoms. The van der Waals surface area contributed by atoms with Crippen molar-refractivity contribution in [1.29, 1.82) is 0 Å². The van der Waals surface area contributed by atoms with Gasteiger partial charge >= 0.3 is 0 Å². The van der Waals surface area contributed by atoms with Gasteiger partial charge in [-0.15, -0.1) is 0 Å². The lowest BCUT2D eigenvalue weighted by atomic mass is 10.0. The maximum absolute atomic E-state index is 13.1. The minimum atomic E-state index is 0.0349. The first-order valence-electron chi connectivity index (χ1n) is 8.85. The van der Waals surface area contributed by atoms with Gasteiger partial charge < -0.3 is 4.40 Å². The lowest BCUT2D eigenvalue weighted by Crippen LogP contribution is -2.12. The smallest absolute Gasteiger partial charge is 0.192 e. The second-order valence-corrected chi connectivity index (χ2v) is 6.88. The normalized spacial score (nSPS) is 11.6. The molecule has 5 aromatic rings. The Labute approximate surface area is 155 Å². The van der Waals surface area contributed by atoms with E-state index in [9.17, 15) is 9.59 Å². The Morgan fingerprint density at radius 3 is 2.67 bits per heavy atom. The first-order valence-corrected chi connectivity index (χ1v) is 8.85. The van der Waals surface area contributed by atoms with E-state index >= 15 is 0 Å². The second kappa shape index (κ2) is 5.74. The summed E-state index contributed by atoms with van der Waals surface area (Å²) >= 11 is 0. The van der Waals surface area contributed by atoms with E-state index < -0.39 is 0 Å². The average molecular weight is 352 g/mol. The van der Waals surface area contributed by atoms with Crippen LogP contribution in [0.3, 0.4) is 0 Å². The van der Waals surface area contributed by atoms with Crippen LogP contribution in [0, 0.1) is 0 Å². The van der Waals surface area contributed by atoms with Gasteiger partial charge in [-0.1, -0.05) is 18.2 Å². The van der Waals surface area contributed by atoms with Crippen LogP contribution in [0.5, 0.6) is 0 Å². The predicted molar refractivity (Wildman–Crippen MR) is 107 cm³/mol. The first-order chi connectivity index (χ1) is 13.1. The first kappa shape index (κ1) is 15.7. The Hall–Kier alpha value is -3.53. The third-order valence-electron chi connectivity index (χ3n) is 5.17. The SMILES string of the molecule is CC(=O)c1ccc2c(c1)c1cccc3c(=O)c(Cc4cccnc4)cn2c31. The van der Waals surface area contributed by atoms with Crippen molar-refractivity contribution < 1.29 is 4.79 Å². The van der Waals surface area contributed by atoms with Gasteiger partial charge in [-0.05, 0) is 42.8 Å². The van der Waals surface area contributed by atoms with E-state index in [0.29, 0.717) is 17.4 Å². The number of fused-ring (bicyclic) bond motifs is 3. The number of pyridine rings is 2. The highest BCUT2D eigenvalue weighted by Crippen LogP contribution is 2.31. The van der Waals surface area contributed by atoms with Crippen LogP contribution >= 0.6 is 0 Å². The van der Waals surface area contributed by atoms with Crippen LogP contribution in [0.2, 0.25) is 0 Å². The molecule has 0 fully saturated rings. The third kappa shape index (κ3) is 2.34. The molecule has 0 N–H and O–H groups in total. The van der Waals surface area contributed by atoms with Crippen LogP contribution in [-0.2, 0) is 6.42 Å². The molecule has 4 heteroatoms. The molecule has 4 nitrogen and oxygen atoms in total. The van der Waals surface area contributed by atoms with Gasteiger partial charge in [0.1, 0.15) is 0 Å². The third-order valence-corrected chi connectivity index (χ3v) is 5.17. The molecule has 0 unspecified atom stereocenters. The zero-order valence-corrected chi connectivity index (χ0v) is 14.8. The van der Waals surface area contributed by atoms with Gasteiger partial charge in [-0.2, -0.15) is 0 Å². The summed E-state index contributed by atoms with van der Waals surface area (Å²) in [5.74, 6) is 0.0349. The minimum Gasteiger partial charge on any atom is -0.315 e. The fourth-order valence-electron chi connectivity index (χ4n) is 3.87. The van der Waals surface area contributed by atoms with Crippen molar-refractivity contribution >= 4 is 33.0 Å². The molecular weight excluding hydrogens is 336 g/mol. The fraction of sp³-hybridized carbons (Fsp3) is 0.0870. The average Bonchev–Trinajstić information content (AvgIpc) is 3.01. The highest BCUT2D eigenvalue weighted by molar-refractivity contribution is 6.15. The van der Waals surface area contributed by atoms with Crippen molar-refractivity contribution in [2.45, 2.75) is 13.3 Å². The topological polar surface area (TPSA) is 51.4 Å². The lowest BCUT2D eigenvalue weighted by Gasteiger charge is -2.06. The Bertz CT molecular complexity index is 1380. The van der Waals surface area contributed by atoms with Crippen LogP contribution < -0.4 is 5.43 Å². The molecule has 27 heavy (non-hydrogen) atoms. The van der Waals surface area contributed by atoms with Crippen molar-refractivity contribution in [3.63, 3.8) is 0 Å². The van der Waals surface area contributed by atoms with Crippen molar-refractivity contribution in [2.75, 3.05) is 0 Å². The number of aromatic nitrogens is 2. The van der Waals surface area contributed by atoms with Crippen LogP contribution in [0.15, 0.2) is 71.9 Å². The summed E-state index contributed by atoms with van der Waals surface area (Å²) < 4.78 is 2.08. The van der Waals surface area contributed by atoms with Crippen LogP contribution in [0.25, 0.3) is 27.2 Å². The maximum atomic E-state index is 13.1. The Balaban J connectivity index is 1.86. The van der Waals surface area contributed by atoms with E-state index in [-0.39, 0.29) is 11.2 Å². The molecular formula is C23H16N2O2. The van der Waals surface area contributed by atoms with E-state index in [1.165, 1.54) is 0 Å². The standard InChI is InChI=1S/C23H16N2O2/c1-14(26)16-7-8-21-20(11-16)18-5-2-6-19-22(18)25(21)13-17(23(19)27)10-15-4-3-9-24-12-15/h2-9,11-13H,10H2,1H3. The van der Waals surface area contributed by atoms with E-state index in [4.69, 9.17) is 0 Å². The summed E-state index contributed by atoms with van der Waals surface area (Å²) in [4.78, 5) is 29.1. The van der Waals surface area contributed by atoms with Crippen LogP contribution in [0.1, 0.15) is 28.4 Å². The summed E-state index contributed by atoms with van der Waals surface area (Å²) in [6, 6.07) is 15.4. The maximum Gasteiger partial charge on any atom is 0.192 e. The molecule has 2 aromatic carbocycles. The highest BCUT2D eigenvalue weighted by Gasteiger charge is 2.16. The zero-order valence-electron chi connectivity index (χ0n) is 14.8. The van der Waals surface area contributed by atoms with E-state index in [0.717, 1.165) is 32.9 Å². The quantitative estimate of drug-likeness (QED) is 0.457. The lowest BCUT2D eigenvalue weighted by molar-refractivity contribution is 0.101. The summed E-state index contributed by atoms with van der Waals surface area (Å²) in [6.07, 6.45) is 5.98. The van der Waals surface area contributed by atoms with Gasteiger partial charge in [0.15, 0.2) is 11.2 Å². The fourth-order valence-corrected chi connectivity index (χ4v) is 3.87. The van der Waals surface area contributed by atoms with Gasteiger partial charge in [0.05, 0.1) is 11.0 Å². The van der Waals surface area contributed by atoms with Crippen molar-refractivity contribution in [3.05, 3.63) is 94.0 Å². The zero-order chi connectivity index (χ0) is 18.5. The Morgan fingerprint density at radius 2 is 1.89 bits per heavy atom. The minimum absolute atomic E-state index is 0.0349. The number of carbonyl (C=O) groups is 1. The van der Waals surface area contributed by atoms with Crippen LogP contribution in [-0.4, -0.2) is 15.2 Å². The Kier molecular flexibility index (Phi) is 3.34. The molecule has 3 heterocycles. The molecule has 0 saturated heterocycles. The van der Waals surface area contributed by atoms with Crippen molar-refractivity contribution in [1.82, 2.24) is 9.38 Å². The molecule has 0 amide bonds. The number of benzene rings is 2. The van der Waals surface area contributed by atoms with Gasteiger partial charge in [-0.25, -0.2) is 0 Å². The number of hydrogen-bond acceptors (Lipinski definition) is 3. The number of para-hydroxylation sites is 1. The van der Waals surface area contributed by atoms with Crippen LogP contribution in [0.4, 0.5) is 0 Å². The summed E-state index contributed by atoms with van der Waals surface area (Å²) in [6.45, 7) is 1.57. The monoisotopic (exact) mass is 352 g/mol. The molecule has 0 saturated carbocycles. The highest BCUT2D eigenvalue weighted by atomic mass is 16.1. The molecule has 0 bridgehead atoms. The van der Waals surface area contributed by atoms with Crippen molar-refractivity contribution in [2.24, 2.45) is 0 Å². The number of rotatable bonds is 3. The number of Topliss-reactive ketones (excluding diaryl/α,β-unsaturated/α-hetero) is 1. The number of hydrogen-bond donors (Lipinski definition) is 0. The van der Waals surface area contributed by atoms with Gasteiger partial charge in [0.25, 0.3) is 0 Å². The number of nitrogens with zero attached hydrogens (tertiary/aromatic N) is 2. The second-order valence-electron chi connectivity index (χ2n) is 6.88. The molecule has 0 aliphatic rings. The number of carbonyl (C=O) groups excluding carboxylic acids is 1. The number of ketones is 1. The molecule has 0 aliphatic heterocycles. The summed E-state index contributed by atoms with van der Waals surface area (Å²) in [7, 11) is 0. The van der Waals surface area contributed by atoms with Gasteiger partial charge in [-0.3, -0.25) is 14.6 Å². The van der Waals surface area contributed by atoms with Gasteiger partial charge in [0.2, 0.25) is 0 Å². The Morgan fingerprint density at radius 1 is 1.04 bits per heavy atom. The largest absolute Gasteiger partial charge is 0.315 e. The van der Waals surface area contributed by atoms with E-state index in [1.807, 2.05) is 54.7 Å². The summed E-state index contributed by atoms with van der Waals surface area (Å²) in [5.41, 5.74) is 4.37. The van der Waals surface area contributed by atoms with E-state index in [1.54, 1.807) is 19.3 Å². The van der Waals surface area contributed by atoms with E-state index in [2.05, 4.69) is 9.38 Å². The van der Waals surface area contributed by atoms with Crippen molar-refractivity contribution in [3.8, 4) is 0 Å². The summed E-state index contributed by atoms with van der Waals surface area (Å²) in [5, 5.41) is 2.69. The molecule has 0 radical (unpaired) electrons. The van der Waals surface area contributed by atoms with Gasteiger partial charge in [0, 0.05) is 52.3 Å². The molecule has 5 rings (SSSR count). The predicted octanol–water partition coefficient (Wildman–Crippen LogP) is 4.23. The molecule has 130 valence electrons.